The van der Waals surface area contributed by atoms with Crippen LogP contribution in [0.3, 0.4) is 0 Å². The Morgan fingerprint density at radius 1 is 1.32 bits per heavy atom. The van der Waals surface area contributed by atoms with Gasteiger partial charge in [-0.3, -0.25) is 4.79 Å². The van der Waals surface area contributed by atoms with Crippen LogP contribution in [0.15, 0.2) is 23.3 Å². The number of pyridine rings is 1. The fourth-order valence-electron chi connectivity index (χ4n) is 3.07. The molecule has 2 rings (SSSR count). The Bertz CT molecular complexity index is 630. The number of hydrogen-bond donors (Lipinski definition) is 1. The first-order valence-electron chi connectivity index (χ1n) is 9.95. The number of rotatable bonds is 9. The van der Waals surface area contributed by atoms with Crippen molar-refractivity contribution in [2.75, 3.05) is 46.6 Å². The van der Waals surface area contributed by atoms with Crippen molar-refractivity contribution in [1.29, 1.82) is 0 Å². The molecule has 156 valence electrons. The van der Waals surface area contributed by atoms with Gasteiger partial charge in [0.2, 0.25) is 5.88 Å². The molecule has 28 heavy (non-hydrogen) atoms. The van der Waals surface area contributed by atoms with E-state index >= 15 is 0 Å². The van der Waals surface area contributed by atoms with Crippen molar-refractivity contribution in [3.05, 3.63) is 23.9 Å². The molecule has 1 saturated heterocycles. The zero-order chi connectivity index (χ0) is 20.2. The second kappa shape index (κ2) is 12.2. The molecule has 1 aliphatic rings. The van der Waals surface area contributed by atoms with E-state index in [1.165, 1.54) is 0 Å². The third-order valence-corrected chi connectivity index (χ3v) is 4.52. The minimum Gasteiger partial charge on any atom is -0.475 e. The third-order valence-electron chi connectivity index (χ3n) is 4.52. The highest BCUT2D eigenvalue weighted by Crippen LogP contribution is 2.20. The van der Waals surface area contributed by atoms with Crippen molar-refractivity contribution in [2.24, 2.45) is 10.9 Å². The number of hydrogen-bond acceptors (Lipinski definition) is 6. The van der Waals surface area contributed by atoms with E-state index in [-0.39, 0.29) is 11.9 Å². The summed E-state index contributed by atoms with van der Waals surface area (Å²) in [6.45, 7) is 8.08. The van der Waals surface area contributed by atoms with Crippen molar-refractivity contribution in [2.45, 2.75) is 33.2 Å². The Morgan fingerprint density at radius 3 is 2.79 bits per heavy atom. The minimum atomic E-state index is -0.0858. The fraction of sp³-hybridized carbons (Fsp3) is 0.650. The largest absolute Gasteiger partial charge is 0.475 e. The lowest BCUT2D eigenvalue weighted by Gasteiger charge is -2.33. The van der Waals surface area contributed by atoms with Crippen LogP contribution in [0.25, 0.3) is 0 Å². The molecule has 8 nitrogen and oxygen atoms in total. The number of carbonyl (C=O) groups excluding carboxylic acids is 1. The van der Waals surface area contributed by atoms with Gasteiger partial charge in [-0.25, -0.2) is 9.98 Å². The summed E-state index contributed by atoms with van der Waals surface area (Å²) in [5, 5.41) is 3.34. The molecule has 1 N–H and O–H groups in total. The van der Waals surface area contributed by atoms with E-state index in [1.807, 2.05) is 26.0 Å². The molecule has 0 unspecified atom stereocenters. The summed E-state index contributed by atoms with van der Waals surface area (Å²) in [6, 6.07) is 3.85. The predicted molar refractivity (Wildman–Crippen MR) is 107 cm³/mol. The quantitative estimate of drug-likeness (QED) is 0.297. The van der Waals surface area contributed by atoms with Gasteiger partial charge in [-0.05, 0) is 32.8 Å². The summed E-state index contributed by atoms with van der Waals surface area (Å²) in [5.41, 5.74) is 0.926. The first-order valence-corrected chi connectivity index (χ1v) is 9.95. The van der Waals surface area contributed by atoms with Crippen molar-refractivity contribution >= 4 is 11.9 Å². The van der Waals surface area contributed by atoms with Gasteiger partial charge in [0, 0.05) is 38.5 Å². The van der Waals surface area contributed by atoms with Crippen LogP contribution in [0.2, 0.25) is 0 Å². The zero-order valence-electron chi connectivity index (χ0n) is 17.1. The number of methoxy groups -OCH3 is 1. The van der Waals surface area contributed by atoms with E-state index in [4.69, 9.17) is 19.2 Å². The number of esters is 1. The molecule has 0 bridgehead atoms. The molecule has 0 aromatic carbocycles. The van der Waals surface area contributed by atoms with Gasteiger partial charge in [-0.2, -0.15) is 0 Å². The van der Waals surface area contributed by atoms with E-state index in [1.54, 1.807) is 13.3 Å². The lowest BCUT2D eigenvalue weighted by molar-refractivity contribution is -0.149. The Balaban J connectivity index is 1.99. The minimum absolute atomic E-state index is 0.0156. The van der Waals surface area contributed by atoms with Crippen molar-refractivity contribution in [1.82, 2.24) is 15.2 Å². The number of nitrogens with zero attached hydrogens (tertiary/aromatic N) is 3. The lowest BCUT2D eigenvalue weighted by atomic mass is 9.97. The molecule has 1 fully saturated rings. The summed E-state index contributed by atoms with van der Waals surface area (Å²) >= 11 is 0. The highest BCUT2D eigenvalue weighted by molar-refractivity contribution is 5.80. The smallest absolute Gasteiger partial charge is 0.309 e. The molecule has 1 aromatic heterocycles. The molecule has 0 aliphatic carbocycles. The van der Waals surface area contributed by atoms with Crippen molar-refractivity contribution in [3.63, 3.8) is 0 Å². The van der Waals surface area contributed by atoms with Gasteiger partial charge in [0.25, 0.3) is 0 Å². The topological polar surface area (TPSA) is 85.3 Å². The number of carbonyl (C=O) groups is 1. The van der Waals surface area contributed by atoms with E-state index in [9.17, 15) is 4.79 Å². The molecule has 0 amide bonds. The van der Waals surface area contributed by atoms with Gasteiger partial charge in [-0.15, -0.1) is 0 Å². The van der Waals surface area contributed by atoms with Gasteiger partial charge >= 0.3 is 5.97 Å². The highest BCUT2D eigenvalue weighted by Gasteiger charge is 2.27. The Morgan fingerprint density at radius 2 is 2.11 bits per heavy atom. The Hall–Kier alpha value is -2.35. The molecule has 2 heterocycles. The second-order valence-electron chi connectivity index (χ2n) is 6.49. The third kappa shape index (κ3) is 6.67. The Kier molecular flexibility index (Phi) is 9.54. The van der Waals surface area contributed by atoms with Crippen LogP contribution in [0.4, 0.5) is 0 Å². The maximum Gasteiger partial charge on any atom is 0.309 e. The van der Waals surface area contributed by atoms with Crippen LogP contribution in [0, 0.1) is 5.92 Å². The van der Waals surface area contributed by atoms with E-state index in [0.717, 1.165) is 44.0 Å². The average molecular weight is 393 g/mol. The molecule has 1 aliphatic heterocycles. The Labute approximate surface area is 167 Å². The molecule has 8 heteroatoms. The first-order chi connectivity index (χ1) is 13.7. The van der Waals surface area contributed by atoms with Crippen LogP contribution in [-0.4, -0.2) is 68.4 Å². The fourth-order valence-corrected chi connectivity index (χ4v) is 3.07. The molecule has 0 saturated carbocycles. The summed E-state index contributed by atoms with van der Waals surface area (Å²) in [7, 11) is 1.64. The number of guanidine groups is 1. The van der Waals surface area contributed by atoms with E-state index < -0.39 is 0 Å². The molecule has 0 atom stereocenters. The number of piperidine rings is 1. The molecular formula is C20H32N4O4. The van der Waals surface area contributed by atoms with Crippen LogP contribution in [-0.2, 0) is 20.8 Å². The van der Waals surface area contributed by atoms with Gasteiger partial charge in [0.1, 0.15) is 6.61 Å². The lowest BCUT2D eigenvalue weighted by Crippen LogP contribution is -2.46. The number of likely N-dealkylation sites (tertiary alicyclic amines) is 1. The predicted octanol–water partition coefficient (Wildman–Crippen LogP) is 1.85. The highest BCUT2D eigenvalue weighted by atomic mass is 16.5. The molecular weight excluding hydrogens is 360 g/mol. The standard InChI is InChI=1S/C20H32N4O4/c1-4-21-20(24-11-8-16(9-12-24)19(25)27-5-2)23-15-17-7-6-10-22-18(17)28-14-13-26-3/h6-7,10,16H,4-5,8-9,11-15H2,1-3H3,(H,21,23). The van der Waals surface area contributed by atoms with Gasteiger partial charge in [0.05, 0.1) is 25.7 Å². The first kappa shape index (κ1) is 21.9. The molecule has 1 aromatic rings. The summed E-state index contributed by atoms with van der Waals surface area (Å²) in [6.07, 6.45) is 3.27. The van der Waals surface area contributed by atoms with Crippen LogP contribution in [0.5, 0.6) is 5.88 Å². The zero-order valence-corrected chi connectivity index (χ0v) is 17.1. The second-order valence-corrected chi connectivity index (χ2v) is 6.49. The molecule has 0 spiro atoms. The maximum absolute atomic E-state index is 11.9. The summed E-state index contributed by atoms with van der Waals surface area (Å²) in [5.74, 6) is 1.33. The average Bonchev–Trinajstić information content (AvgIpc) is 2.72. The normalized spacial score (nSPS) is 15.4. The van der Waals surface area contributed by atoms with Gasteiger partial charge in [-0.1, -0.05) is 6.07 Å². The number of ether oxygens (including phenoxy) is 3. The van der Waals surface area contributed by atoms with Crippen molar-refractivity contribution in [3.8, 4) is 5.88 Å². The summed E-state index contributed by atoms with van der Waals surface area (Å²) < 4.78 is 15.9. The summed E-state index contributed by atoms with van der Waals surface area (Å²) in [4.78, 5) is 23.2. The monoisotopic (exact) mass is 392 g/mol. The van der Waals surface area contributed by atoms with E-state index in [0.29, 0.717) is 32.2 Å². The molecule has 0 radical (unpaired) electrons. The van der Waals surface area contributed by atoms with Gasteiger partial charge in [0.15, 0.2) is 5.96 Å². The maximum atomic E-state index is 11.9. The number of aromatic nitrogens is 1. The van der Waals surface area contributed by atoms with Crippen LogP contribution in [0.1, 0.15) is 32.3 Å². The van der Waals surface area contributed by atoms with Crippen LogP contribution < -0.4 is 10.1 Å². The van der Waals surface area contributed by atoms with Gasteiger partial charge < -0.3 is 24.4 Å². The van der Waals surface area contributed by atoms with E-state index in [2.05, 4.69) is 15.2 Å². The number of aliphatic imine (C=N–C) groups is 1. The van der Waals surface area contributed by atoms with Crippen LogP contribution >= 0.6 is 0 Å². The SMILES string of the molecule is CCNC(=NCc1cccnc1OCCOC)N1CCC(C(=O)OCC)CC1. The number of nitrogens with one attached hydrogen (secondary N) is 1. The van der Waals surface area contributed by atoms with Crippen molar-refractivity contribution < 1.29 is 19.0 Å².